The first kappa shape index (κ1) is 11.1. The monoisotopic (exact) mass is 239 g/mol. The summed E-state index contributed by atoms with van der Waals surface area (Å²) in [6.45, 7) is 0. The highest BCUT2D eigenvalue weighted by atomic mass is 32.2. The van der Waals surface area contributed by atoms with Crippen molar-refractivity contribution >= 4 is 22.8 Å². The molecule has 5 heteroatoms. The van der Waals surface area contributed by atoms with Crippen molar-refractivity contribution in [3.63, 3.8) is 0 Å². The Kier molecular flexibility index (Phi) is 3.24. The minimum Gasteiger partial charge on any atom is -0.481 e. The van der Waals surface area contributed by atoms with E-state index in [1.165, 1.54) is 23.9 Å². The maximum Gasteiger partial charge on any atom is 0.305 e. The minimum atomic E-state index is -0.838. The Hall–Kier alpha value is -1.36. The average molecular weight is 239 g/mol. The van der Waals surface area contributed by atoms with E-state index >= 15 is 0 Å². The van der Waals surface area contributed by atoms with Gasteiger partial charge in [0.1, 0.15) is 5.82 Å². The molecule has 0 radical (unpaired) electrons. The number of benzene rings is 1. The van der Waals surface area contributed by atoms with Crippen LogP contribution in [0.5, 0.6) is 0 Å². The summed E-state index contributed by atoms with van der Waals surface area (Å²) >= 11 is 1.52. The molecule has 2 rings (SSSR count). The first-order valence-electron chi connectivity index (χ1n) is 4.83. The van der Waals surface area contributed by atoms with Gasteiger partial charge in [0.15, 0.2) is 0 Å². The van der Waals surface area contributed by atoms with Crippen LogP contribution in [0.2, 0.25) is 0 Å². The van der Waals surface area contributed by atoms with E-state index in [1.807, 2.05) is 0 Å². The second-order valence-corrected chi connectivity index (χ2v) is 4.51. The van der Waals surface area contributed by atoms with E-state index < -0.39 is 5.97 Å². The van der Waals surface area contributed by atoms with Crippen LogP contribution in [0.1, 0.15) is 12.0 Å². The number of hydrogen-bond acceptors (Lipinski definition) is 3. The zero-order chi connectivity index (χ0) is 11.5. The number of carboxylic acids is 1. The largest absolute Gasteiger partial charge is 0.481 e. The Labute approximate surface area is 96.4 Å². The van der Waals surface area contributed by atoms with Crippen LogP contribution in [0.4, 0.5) is 4.39 Å². The van der Waals surface area contributed by atoms with Gasteiger partial charge in [0.25, 0.3) is 0 Å². The lowest BCUT2D eigenvalue weighted by atomic mass is 10.2. The van der Waals surface area contributed by atoms with Gasteiger partial charge in [-0.05, 0) is 24.3 Å². The fourth-order valence-electron chi connectivity index (χ4n) is 1.47. The zero-order valence-electron chi connectivity index (χ0n) is 8.39. The summed E-state index contributed by atoms with van der Waals surface area (Å²) in [5.74, 6) is -0.442. The number of hydrogen-bond donors (Lipinski definition) is 1. The summed E-state index contributed by atoms with van der Waals surface area (Å²) in [7, 11) is 0. The van der Waals surface area contributed by atoms with Gasteiger partial charge in [-0.3, -0.25) is 9.79 Å². The van der Waals surface area contributed by atoms with Crippen LogP contribution in [0.15, 0.2) is 29.3 Å². The molecule has 84 valence electrons. The molecule has 0 aromatic heterocycles. The average Bonchev–Trinajstić information content (AvgIpc) is 2.66. The van der Waals surface area contributed by atoms with E-state index in [0.717, 1.165) is 10.6 Å². The lowest BCUT2D eigenvalue weighted by molar-refractivity contribution is -0.137. The molecule has 1 aliphatic rings. The molecule has 16 heavy (non-hydrogen) atoms. The first-order valence-corrected chi connectivity index (χ1v) is 5.82. The van der Waals surface area contributed by atoms with Gasteiger partial charge < -0.3 is 5.11 Å². The molecule has 0 fully saturated rings. The second-order valence-electron chi connectivity index (χ2n) is 3.50. The van der Waals surface area contributed by atoms with Gasteiger partial charge in [0, 0.05) is 11.3 Å². The molecular formula is C11H10FNO2S. The van der Waals surface area contributed by atoms with E-state index in [1.54, 1.807) is 12.1 Å². The summed E-state index contributed by atoms with van der Waals surface area (Å²) in [5, 5.41) is 9.44. The fourth-order valence-corrected chi connectivity index (χ4v) is 2.54. The van der Waals surface area contributed by atoms with Gasteiger partial charge in [0.05, 0.1) is 17.5 Å². The van der Waals surface area contributed by atoms with Crippen LogP contribution in [-0.4, -0.2) is 27.9 Å². The number of aliphatic imine (C=N–C) groups is 1. The third kappa shape index (κ3) is 2.61. The molecule has 0 saturated heterocycles. The molecule has 1 aliphatic heterocycles. The molecule has 1 N–H and O–H groups in total. The Morgan fingerprint density at radius 2 is 2.19 bits per heavy atom. The van der Waals surface area contributed by atoms with Crippen molar-refractivity contribution in [1.82, 2.24) is 0 Å². The van der Waals surface area contributed by atoms with Crippen LogP contribution >= 0.6 is 11.8 Å². The van der Waals surface area contributed by atoms with Crippen molar-refractivity contribution in [3.8, 4) is 0 Å². The predicted octanol–water partition coefficient (Wildman–Crippen LogP) is 2.16. The molecular weight excluding hydrogens is 229 g/mol. The standard InChI is InChI=1S/C11H10FNO2S/c12-8-3-1-7(2-4-8)11-13-9(6-16-11)5-10(14)15/h1-4,9H,5-6H2,(H,14,15). The van der Waals surface area contributed by atoms with Crippen molar-refractivity contribution in [3.05, 3.63) is 35.6 Å². The highest BCUT2D eigenvalue weighted by Gasteiger charge is 2.21. The van der Waals surface area contributed by atoms with Gasteiger partial charge in [-0.1, -0.05) is 0 Å². The number of rotatable bonds is 3. The number of thioether (sulfide) groups is 1. The molecule has 1 unspecified atom stereocenters. The molecule has 1 aromatic carbocycles. The van der Waals surface area contributed by atoms with E-state index in [9.17, 15) is 9.18 Å². The molecule has 3 nitrogen and oxygen atoms in total. The van der Waals surface area contributed by atoms with Crippen LogP contribution in [-0.2, 0) is 4.79 Å². The van der Waals surface area contributed by atoms with Crippen molar-refractivity contribution in [2.45, 2.75) is 12.5 Å². The highest BCUT2D eigenvalue weighted by Crippen LogP contribution is 2.25. The molecule has 0 amide bonds. The molecule has 1 heterocycles. The predicted molar refractivity (Wildman–Crippen MR) is 61.4 cm³/mol. The summed E-state index contributed by atoms with van der Waals surface area (Å²) in [6, 6.07) is 5.91. The van der Waals surface area contributed by atoms with Gasteiger partial charge >= 0.3 is 5.97 Å². The van der Waals surface area contributed by atoms with Crippen LogP contribution in [0.3, 0.4) is 0 Å². The van der Waals surface area contributed by atoms with Crippen molar-refractivity contribution < 1.29 is 14.3 Å². The van der Waals surface area contributed by atoms with E-state index in [4.69, 9.17) is 5.11 Å². The number of nitrogens with zero attached hydrogens (tertiary/aromatic N) is 1. The van der Waals surface area contributed by atoms with Gasteiger partial charge in [-0.2, -0.15) is 0 Å². The van der Waals surface area contributed by atoms with Gasteiger partial charge in [0.2, 0.25) is 0 Å². The Morgan fingerprint density at radius 3 is 2.81 bits per heavy atom. The normalized spacial score (nSPS) is 19.6. The van der Waals surface area contributed by atoms with Gasteiger partial charge in [-0.25, -0.2) is 4.39 Å². The van der Waals surface area contributed by atoms with Crippen molar-refractivity contribution in [2.24, 2.45) is 4.99 Å². The van der Waals surface area contributed by atoms with Crippen LogP contribution in [0.25, 0.3) is 0 Å². The number of aliphatic carboxylic acids is 1. The lowest BCUT2D eigenvalue weighted by Gasteiger charge is -1.99. The lowest BCUT2D eigenvalue weighted by Crippen LogP contribution is -2.10. The summed E-state index contributed by atoms with van der Waals surface area (Å²) in [5.41, 5.74) is 0.847. The van der Waals surface area contributed by atoms with Gasteiger partial charge in [-0.15, -0.1) is 11.8 Å². The molecule has 0 bridgehead atoms. The maximum atomic E-state index is 12.7. The maximum absolute atomic E-state index is 12.7. The molecule has 1 atom stereocenters. The summed E-state index contributed by atoms with van der Waals surface area (Å²) in [6.07, 6.45) is 0.0533. The Balaban J connectivity index is 2.11. The summed E-state index contributed by atoms with van der Waals surface area (Å²) in [4.78, 5) is 14.8. The summed E-state index contributed by atoms with van der Waals surface area (Å²) < 4.78 is 12.7. The van der Waals surface area contributed by atoms with Crippen LogP contribution < -0.4 is 0 Å². The highest BCUT2D eigenvalue weighted by molar-refractivity contribution is 8.14. The van der Waals surface area contributed by atoms with Crippen molar-refractivity contribution in [1.29, 1.82) is 0 Å². The smallest absolute Gasteiger partial charge is 0.305 e. The fraction of sp³-hybridized carbons (Fsp3) is 0.273. The molecule has 1 aromatic rings. The molecule has 0 spiro atoms. The van der Waals surface area contributed by atoms with E-state index in [-0.39, 0.29) is 18.3 Å². The third-order valence-corrected chi connectivity index (χ3v) is 3.38. The second kappa shape index (κ2) is 4.65. The topological polar surface area (TPSA) is 49.7 Å². The number of carboxylic acid groups (broad SMARTS) is 1. The number of halogens is 1. The third-order valence-electron chi connectivity index (χ3n) is 2.21. The minimum absolute atomic E-state index is 0.0533. The Bertz CT molecular complexity index is 430. The number of carbonyl (C=O) groups is 1. The quantitative estimate of drug-likeness (QED) is 0.879. The molecule has 0 aliphatic carbocycles. The van der Waals surface area contributed by atoms with E-state index in [2.05, 4.69) is 4.99 Å². The van der Waals surface area contributed by atoms with Crippen molar-refractivity contribution in [2.75, 3.05) is 5.75 Å². The van der Waals surface area contributed by atoms with E-state index in [0.29, 0.717) is 5.75 Å². The molecule has 0 saturated carbocycles. The first-order chi connectivity index (χ1) is 7.65. The SMILES string of the molecule is O=C(O)CC1CSC(c2ccc(F)cc2)=N1. The zero-order valence-corrected chi connectivity index (χ0v) is 9.21. The van der Waals surface area contributed by atoms with Crippen LogP contribution in [0, 0.1) is 5.82 Å². The Morgan fingerprint density at radius 1 is 1.50 bits per heavy atom.